The van der Waals surface area contributed by atoms with E-state index in [0.29, 0.717) is 17.8 Å². The Hall–Kier alpha value is -2.44. The van der Waals surface area contributed by atoms with Gasteiger partial charge in [0.25, 0.3) is 5.91 Å². The summed E-state index contributed by atoms with van der Waals surface area (Å²) in [4.78, 5) is 30.6. The van der Waals surface area contributed by atoms with E-state index < -0.39 is 11.9 Å². The first-order valence-electron chi connectivity index (χ1n) is 8.70. The maximum atomic E-state index is 13.0. The summed E-state index contributed by atoms with van der Waals surface area (Å²) in [5.74, 6) is -1.55. The second kappa shape index (κ2) is 6.46. The molecule has 0 aliphatic carbocycles. The summed E-state index contributed by atoms with van der Waals surface area (Å²) < 4.78 is 1.85. The van der Waals surface area contributed by atoms with Crippen molar-refractivity contribution in [1.29, 1.82) is 0 Å². The van der Waals surface area contributed by atoms with Crippen molar-refractivity contribution in [2.45, 2.75) is 40.2 Å². The molecule has 0 saturated carbocycles. The van der Waals surface area contributed by atoms with Crippen molar-refractivity contribution in [2.75, 3.05) is 13.1 Å². The number of hydrogen-bond acceptors (Lipinski definition) is 4. The van der Waals surface area contributed by atoms with Crippen LogP contribution in [0.4, 0.5) is 0 Å². The summed E-state index contributed by atoms with van der Waals surface area (Å²) in [6.07, 6.45) is 2.61. The summed E-state index contributed by atoms with van der Waals surface area (Å²) in [5, 5.41) is 14.4. The standard InChI is InChI=1S/C18H24N4O3/c1-5-12(4)22-16-14(7-19-22)13(6-11(3)20-16)17(23)21-8-10(2)15(9-21)18(24)25/h6-7,10,12,15H,5,8-9H2,1-4H3,(H,24,25)/t10-,12?,15-/m1/s1. The number of fused-ring (bicyclic) bond motifs is 1. The fourth-order valence-electron chi connectivity index (χ4n) is 3.44. The van der Waals surface area contributed by atoms with E-state index in [9.17, 15) is 14.7 Å². The zero-order valence-corrected chi connectivity index (χ0v) is 15.1. The van der Waals surface area contributed by atoms with Crippen LogP contribution >= 0.6 is 0 Å². The van der Waals surface area contributed by atoms with Crippen molar-refractivity contribution in [3.63, 3.8) is 0 Å². The minimum absolute atomic E-state index is 0.0530. The molecule has 0 radical (unpaired) electrons. The maximum absolute atomic E-state index is 13.0. The highest BCUT2D eigenvalue weighted by Gasteiger charge is 2.37. The summed E-state index contributed by atoms with van der Waals surface area (Å²) in [5.41, 5.74) is 2.01. The summed E-state index contributed by atoms with van der Waals surface area (Å²) in [6.45, 7) is 8.59. The average Bonchev–Trinajstić information content (AvgIpc) is 3.16. The van der Waals surface area contributed by atoms with E-state index >= 15 is 0 Å². The second-order valence-electron chi connectivity index (χ2n) is 7.03. The number of aliphatic carboxylic acids is 1. The van der Waals surface area contributed by atoms with E-state index in [0.717, 1.165) is 17.5 Å². The molecule has 1 fully saturated rings. The number of aromatic nitrogens is 3. The number of nitrogens with zero attached hydrogens (tertiary/aromatic N) is 4. The number of likely N-dealkylation sites (tertiary alicyclic amines) is 1. The molecule has 1 aliphatic rings. The third-order valence-corrected chi connectivity index (χ3v) is 5.15. The van der Waals surface area contributed by atoms with Crippen molar-refractivity contribution < 1.29 is 14.7 Å². The Morgan fingerprint density at radius 2 is 2.12 bits per heavy atom. The van der Waals surface area contributed by atoms with E-state index in [1.807, 2.05) is 18.5 Å². The molecule has 7 heteroatoms. The van der Waals surface area contributed by atoms with Gasteiger partial charge in [-0.05, 0) is 32.3 Å². The SMILES string of the molecule is CCC(C)n1ncc2c(C(=O)N3C[C@@H](C)[C@H](C(=O)O)C3)cc(C)nc21. The number of carbonyl (C=O) groups excluding carboxylic acids is 1. The number of rotatable bonds is 4. The van der Waals surface area contributed by atoms with Crippen LogP contribution in [0.25, 0.3) is 11.0 Å². The summed E-state index contributed by atoms with van der Waals surface area (Å²) >= 11 is 0. The smallest absolute Gasteiger partial charge is 0.308 e. The Kier molecular flexibility index (Phi) is 4.49. The maximum Gasteiger partial charge on any atom is 0.308 e. The molecule has 2 aromatic heterocycles. The lowest BCUT2D eigenvalue weighted by Crippen LogP contribution is -2.30. The molecule has 1 saturated heterocycles. The van der Waals surface area contributed by atoms with Gasteiger partial charge in [0.2, 0.25) is 0 Å². The molecular weight excluding hydrogens is 320 g/mol. The monoisotopic (exact) mass is 344 g/mol. The average molecular weight is 344 g/mol. The number of carbonyl (C=O) groups is 2. The van der Waals surface area contributed by atoms with Gasteiger partial charge in [-0.1, -0.05) is 13.8 Å². The van der Waals surface area contributed by atoms with E-state index in [-0.39, 0.29) is 24.4 Å². The van der Waals surface area contributed by atoms with Crippen molar-refractivity contribution in [1.82, 2.24) is 19.7 Å². The van der Waals surface area contributed by atoms with Gasteiger partial charge in [-0.2, -0.15) is 5.10 Å². The van der Waals surface area contributed by atoms with Crippen molar-refractivity contribution in [2.24, 2.45) is 11.8 Å². The number of hydrogen-bond donors (Lipinski definition) is 1. The highest BCUT2D eigenvalue weighted by Crippen LogP contribution is 2.28. The molecule has 0 aromatic carbocycles. The van der Waals surface area contributed by atoms with Crippen molar-refractivity contribution in [3.05, 3.63) is 23.5 Å². The van der Waals surface area contributed by atoms with Crippen LogP contribution in [0.3, 0.4) is 0 Å². The topological polar surface area (TPSA) is 88.3 Å². The minimum atomic E-state index is -0.844. The van der Waals surface area contributed by atoms with E-state index in [1.165, 1.54) is 0 Å². The molecule has 1 unspecified atom stereocenters. The van der Waals surface area contributed by atoms with Gasteiger partial charge < -0.3 is 10.0 Å². The third-order valence-electron chi connectivity index (χ3n) is 5.15. The van der Waals surface area contributed by atoms with Crippen LogP contribution in [-0.4, -0.2) is 49.7 Å². The van der Waals surface area contributed by atoms with Gasteiger partial charge in [-0.25, -0.2) is 9.67 Å². The summed E-state index contributed by atoms with van der Waals surface area (Å²) in [6, 6.07) is 1.96. The van der Waals surface area contributed by atoms with Gasteiger partial charge in [0.05, 0.1) is 29.1 Å². The molecule has 25 heavy (non-hydrogen) atoms. The van der Waals surface area contributed by atoms with Crippen LogP contribution in [0, 0.1) is 18.8 Å². The number of carboxylic acid groups (broad SMARTS) is 1. The predicted octanol–water partition coefficient (Wildman–Crippen LogP) is 2.50. The van der Waals surface area contributed by atoms with Crippen LogP contribution < -0.4 is 0 Å². The highest BCUT2D eigenvalue weighted by molar-refractivity contribution is 6.05. The molecule has 2 aromatic rings. The molecule has 0 bridgehead atoms. The molecule has 3 heterocycles. The van der Waals surface area contributed by atoms with Gasteiger partial charge >= 0.3 is 5.97 Å². The fourth-order valence-corrected chi connectivity index (χ4v) is 3.44. The van der Waals surface area contributed by atoms with Gasteiger partial charge in [0.15, 0.2) is 5.65 Å². The lowest BCUT2D eigenvalue weighted by Gasteiger charge is -2.17. The number of carboxylic acids is 1. The second-order valence-corrected chi connectivity index (χ2v) is 7.03. The van der Waals surface area contributed by atoms with Gasteiger partial charge in [-0.15, -0.1) is 0 Å². The van der Waals surface area contributed by atoms with Gasteiger partial charge in [-0.3, -0.25) is 9.59 Å². The van der Waals surface area contributed by atoms with Crippen LogP contribution in [0.2, 0.25) is 0 Å². The molecule has 134 valence electrons. The molecule has 3 rings (SSSR count). The Balaban J connectivity index is 2.00. The summed E-state index contributed by atoms with van der Waals surface area (Å²) in [7, 11) is 0. The van der Waals surface area contributed by atoms with E-state index in [4.69, 9.17) is 0 Å². The zero-order valence-electron chi connectivity index (χ0n) is 15.1. The van der Waals surface area contributed by atoms with Gasteiger partial charge in [0, 0.05) is 18.8 Å². The Morgan fingerprint density at radius 3 is 2.72 bits per heavy atom. The largest absolute Gasteiger partial charge is 0.481 e. The fraction of sp³-hybridized carbons (Fsp3) is 0.556. The Bertz CT molecular complexity index is 829. The first kappa shape index (κ1) is 17.4. The number of amides is 1. The first-order valence-corrected chi connectivity index (χ1v) is 8.70. The van der Waals surface area contributed by atoms with Crippen LogP contribution in [0.15, 0.2) is 12.3 Å². The third kappa shape index (κ3) is 2.99. The molecule has 1 N–H and O–H groups in total. The molecule has 1 aliphatic heterocycles. The number of pyridine rings is 1. The van der Waals surface area contributed by atoms with Crippen LogP contribution in [-0.2, 0) is 4.79 Å². The Labute approximate surface area is 146 Å². The minimum Gasteiger partial charge on any atom is -0.481 e. The first-order chi connectivity index (χ1) is 11.8. The molecular formula is C18H24N4O3. The van der Waals surface area contributed by atoms with Crippen LogP contribution in [0.1, 0.15) is 49.3 Å². The van der Waals surface area contributed by atoms with Crippen molar-refractivity contribution in [3.8, 4) is 0 Å². The number of aryl methyl sites for hydroxylation is 1. The lowest BCUT2D eigenvalue weighted by atomic mass is 9.99. The Morgan fingerprint density at radius 1 is 1.40 bits per heavy atom. The highest BCUT2D eigenvalue weighted by atomic mass is 16.4. The van der Waals surface area contributed by atoms with E-state index in [2.05, 4.69) is 23.9 Å². The predicted molar refractivity (Wildman–Crippen MR) is 93.5 cm³/mol. The molecule has 3 atom stereocenters. The molecule has 7 nitrogen and oxygen atoms in total. The molecule has 1 amide bonds. The normalized spacial score (nSPS) is 21.7. The van der Waals surface area contributed by atoms with Crippen LogP contribution in [0.5, 0.6) is 0 Å². The quantitative estimate of drug-likeness (QED) is 0.920. The van der Waals surface area contributed by atoms with E-state index in [1.54, 1.807) is 17.2 Å². The van der Waals surface area contributed by atoms with Crippen molar-refractivity contribution >= 4 is 22.9 Å². The van der Waals surface area contributed by atoms with Gasteiger partial charge in [0.1, 0.15) is 0 Å². The zero-order chi connectivity index (χ0) is 18.3. The molecule has 0 spiro atoms. The lowest BCUT2D eigenvalue weighted by molar-refractivity contribution is -0.142.